The van der Waals surface area contributed by atoms with Crippen LogP contribution in [-0.2, 0) is 13.6 Å². The molecule has 10 heteroatoms. The minimum atomic E-state index is -0.520. The zero-order chi connectivity index (χ0) is 18.5. The molecule has 0 fully saturated rings. The molecule has 26 heavy (non-hydrogen) atoms. The minimum Gasteiger partial charge on any atom is -0.346 e. The number of nitro groups is 1. The molecule has 0 aliphatic heterocycles. The fraction of sp³-hybridized carbons (Fsp3) is 0.125. The minimum absolute atomic E-state index is 0.163. The van der Waals surface area contributed by atoms with E-state index in [1.165, 1.54) is 18.5 Å². The number of nitro benzene ring substituents is 1. The predicted octanol–water partition coefficient (Wildman–Crippen LogP) is 2.20. The molecule has 3 aromatic rings. The molecule has 0 bridgehead atoms. The number of rotatable bonds is 6. The van der Waals surface area contributed by atoms with Gasteiger partial charge in [0.15, 0.2) is 5.16 Å². The summed E-state index contributed by atoms with van der Waals surface area (Å²) in [6.07, 6.45) is 3.14. The molecule has 1 N–H and O–H groups in total. The van der Waals surface area contributed by atoms with Crippen LogP contribution in [0.4, 0.5) is 5.69 Å². The van der Waals surface area contributed by atoms with Gasteiger partial charge in [-0.1, -0.05) is 6.07 Å². The highest BCUT2D eigenvalue weighted by molar-refractivity contribution is 7.99. The van der Waals surface area contributed by atoms with Gasteiger partial charge in [0.1, 0.15) is 6.33 Å². The van der Waals surface area contributed by atoms with Crippen LogP contribution in [0.3, 0.4) is 0 Å². The van der Waals surface area contributed by atoms with Crippen LogP contribution in [0.2, 0.25) is 0 Å². The Labute approximate surface area is 152 Å². The largest absolute Gasteiger partial charge is 0.346 e. The Hall–Kier alpha value is -3.27. The lowest BCUT2D eigenvalue weighted by atomic mass is 10.2. The first-order chi connectivity index (χ1) is 12.5. The first kappa shape index (κ1) is 17.5. The van der Waals surface area contributed by atoms with Gasteiger partial charge in [-0.2, -0.15) is 0 Å². The zero-order valence-electron chi connectivity index (χ0n) is 13.7. The quantitative estimate of drug-likeness (QED) is 0.522. The lowest BCUT2D eigenvalue weighted by Gasteiger charge is -2.07. The number of hydrogen-bond acceptors (Lipinski definition) is 7. The lowest BCUT2D eigenvalue weighted by Crippen LogP contribution is -2.23. The van der Waals surface area contributed by atoms with E-state index in [4.69, 9.17) is 0 Å². The summed E-state index contributed by atoms with van der Waals surface area (Å²) in [7, 11) is 1.74. The second kappa shape index (κ2) is 7.74. The van der Waals surface area contributed by atoms with Gasteiger partial charge in [0.25, 0.3) is 11.6 Å². The normalized spacial score (nSPS) is 10.5. The van der Waals surface area contributed by atoms with Crippen LogP contribution < -0.4 is 5.32 Å². The van der Waals surface area contributed by atoms with Crippen LogP contribution in [0, 0.1) is 10.1 Å². The molecule has 0 saturated carbocycles. The van der Waals surface area contributed by atoms with Gasteiger partial charge in [-0.05, 0) is 36.0 Å². The molecule has 9 nitrogen and oxygen atoms in total. The van der Waals surface area contributed by atoms with Crippen LogP contribution in [0.15, 0.2) is 59.0 Å². The maximum Gasteiger partial charge on any atom is 0.284 e. The average Bonchev–Trinajstić information content (AvgIpc) is 3.05. The number of nitrogens with one attached hydrogen (secondary N) is 1. The number of nitrogens with zero attached hydrogens (tertiary/aromatic N) is 5. The molecular weight excluding hydrogens is 356 g/mol. The molecule has 0 unspecified atom stereocenters. The fourth-order valence-corrected chi connectivity index (χ4v) is 2.98. The summed E-state index contributed by atoms with van der Waals surface area (Å²) in [5.74, 6) is -0.408. The number of benzene rings is 1. The summed E-state index contributed by atoms with van der Waals surface area (Å²) in [6, 6.07) is 9.71. The van der Waals surface area contributed by atoms with Gasteiger partial charge in [-0.25, -0.2) is 0 Å². The molecule has 0 atom stereocenters. The van der Waals surface area contributed by atoms with Gasteiger partial charge < -0.3 is 9.88 Å². The topological polar surface area (TPSA) is 116 Å². The molecule has 1 aromatic carbocycles. The summed E-state index contributed by atoms with van der Waals surface area (Å²) in [4.78, 5) is 27.7. The number of carbonyl (C=O) groups is 1. The molecule has 2 aromatic heterocycles. The van der Waals surface area contributed by atoms with Crippen molar-refractivity contribution < 1.29 is 9.72 Å². The van der Waals surface area contributed by atoms with E-state index in [2.05, 4.69) is 20.5 Å². The maximum absolute atomic E-state index is 12.3. The monoisotopic (exact) mass is 370 g/mol. The lowest BCUT2D eigenvalue weighted by molar-refractivity contribution is -0.387. The van der Waals surface area contributed by atoms with Crippen molar-refractivity contribution in [3.8, 4) is 0 Å². The predicted molar refractivity (Wildman–Crippen MR) is 93.6 cm³/mol. The highest BCUT2D eigenvalue weighted by Crippen LogP contribution is 2.34. The van der Waals surface area contributed by atoms with Gasteiger partial charge in [-0.3, -0.25) is 19.9 Å². The van der Waals surface area contributed by atoms with Crippen molar-refractivity contribution in [1.82, 2.24) is 25.1 Å². The number of aryl methyl sites for hydroxylation is 1. The SMILES string of the molecule is Cn1cnnc1Sc1ccc(C(=O)NCc2ccccn2)cc1[N+](=O)[O-]. The van der Waals surface area contributed by atoms with Crippen LogP contribution in [0.25, 0.3) is 0 Å². The highest BCUT2D eigenvalue weighted by atomic mass is 32.2. The van der Waals surface area contributed by atoms with Crippen molar-refractivity contribution in [3.05, 3.63) is 70.3 Å². The molecule has 0 spiro atoms. The average molecular weight is 370 g/mol. The van der Waals surface area contributed by atoms with Crippen molar-refractivity contribution in [3.63, 3.8) is 0 Å². The van der Waals surface area contributed by atoms with E-state index in [0.717, 1.165) is 11.8 Å². The number of aromatic nitrogens is 4. The van der Waals surface area contributed by atoms with Crippen LogP contribution >= 0.6 is 11.8 Å². The summed E-state index contributed by atoms with van der Waals surface area (Å²) in [6.45, 7) is 0.239. The molecule has 0 radical (unpaired) electrons. The van der Waals surface area contributed by atoms with Gasteiger partial charge in [0, 0.05) is 24.9 Å². The Kier molecular flexibility index (Phi) is 5.23. The molecule has 0 aliphatic rings. The van der Waals surface area contributed by atoms with Crippen LogP contribution in [-0.4, -0.2) is 30.6 Å². The van der Waals surface area contributed by atoms with E-state index in [9.17, 15) is 14.9 Å². The summed E-state index contributed by atoms with van der Waals surface area (Å²) < 4.78 is 1.65. The summed E-state index contributed by atoms with van der Waals surface area (Å²) >= 11 is 1.11. The van der Waals surface area contributed by atoms with Crippen molar-refractivity contribution in [1.29, 1.82) is 0 Å². The molecule has 0 aliphatic carbocycles. The Balaban J connectivity index is 1.78. The Morgan fingerprint density at radius 2 is 2.19 bits per heavy atom. The van der Waals surface area contributed by atoms with E-state index in [0.29, 0.717) is 15.7 Å². The van der Waals surface area contributed by atoms with Gasteiger partial charge in [0.2, 0.25) is 0 Å². The number of carbonyl (C=O) groups excluding carboxylic acids is 1. The van der Waals surface area contributed by atoms with Crippen molar-refractivity contribution in [2.45, 2.75) is 16.6 Å². The summed E-state index contributed by atoms with van der Waals surface area (Å²) in [5.41, 5.74) is 0.739. The van der Waals surface area contributed by atoms with Gasteiger partial charge >= 0.3 is 0 Å². The first-order valence-electron chi connectivity index (χ1n) is 7.53. The van der Waals surface area contributed by atoms with E-state index < -0.39 is 10.8 Å². The third kappa shape index (κ3) is 4.03. The Morgan fingerprint density at radius 3 is 2.85 bits per heavy atom. The number of pyridine rings is 1. The smallest absolute Gasteiger partial charge is 0.284 e. The van der Waals surface area contributed by atoms with Crippen molar-refractivity contribution in [2.75, 3.05) is 0 Å². The second-order valence-electron chi connectivity index (χ2n) is 5.27. The van der Waals surface area contributed by atoms with E-state index in [-0.39, 0.29) is 17.8 Å². The first-order valence-corrected chi connectivity index (χ1v) is 8.34. The standard InChI is InChI=1S/C16H14N6O3S/c1-21-10-19-20-16(21)26-14-6-5-11(8-13(14)22(24)25)15(23)18-9-12-4-2-3-7-17-12/h2-8,10H,9H2,1H3,(H,18,23). The van der Waals surface area contributed by atoms with Gasteiger partial charge in [0.05, 0.1) is 22.1 Å². The van der Waals surface area contributed by atoms with E-state index >= 15 is 0 Å². The molecular formula is C16H14N6O3S. The second-order valence-corrected chi connectivity index (χ2v) is 6.28. The Bertz CT molecular complexity index is 944. The van der Waals surface area contributed by atoms with Crippen molar-refractivity contribution >= 4 is 23.4 Å². The molecule has 3 rings (SSSR count). The van der Waals surface area contributed by atoms with Gasteiger partial charge in [-0.15, -0.1) is 10.2 Å². The third-order valence-corrected chi connectivity index (χ3v) is 4.56. The Morgan fingerprint density at radius 1 is 1.35 bits per heavy atom. The fourth-order valence-electron chi connectivity index (χ4n) is 2.13. The maximum atomic E-state index is 12.3. The van der Waals surface area contributed by atoms with Crippen LogP contribution in [0.1, 0.15) is 16.1 Å². The summed E-state index contributed by atoms with van der Waals surface area (Å²) in [5, 5.41) is 22.3. The molecule has 1 amide bonds. The highest BCUT2D eigenvalue weighted by Gasteiger charge is 2.20. The van der Waals surface area contributed by atoms with Crippen molar-refractivity contribution in [2.24, 2.45) is 7.05 Å². The number of hydrogen-bond donors (Lipinski definition) is 1. The van der Waals surface area contributed by atoms with E-state index in [1.807, 2.05) is 6.07 Å². The molecule has 132 valence electrons. The third-order valence-electron chi connectivity index (χ3n) is 3.45. The number of amides is 1. The van der Waals surface area contributed by atoms with E-state index in [1.54, 1.807) is 36.0 Å². The zero-order valence-corrected chi connectivity index (χ0v) is 14.5. The van der Waals surface area contributed by atoms with Crippen LogP contribution in [0.5, 0.6) is 0 Å². The molecule has 0 saturated heterocycles. The molecule has 2 heterocycles.